The number of carbonyl (C=O) groups is 3. The first kappa shape index (κ1) is 24.7. The van der Waals surface area contributed by atoms with Crippen molar-refractivity contribution in [1.82, 2.24) is 0 Å². The number of carboxylic acid groups (broad SMARTS) is 1. The molecule has 0 aromatic carbocycles. The Morgan fingerprint density at radius 2 is 1.79 bits per heavy atom. The molecule has 0 unspecified atom stereocenters. The molecule has 1 aliphatic rings. The summed E-state index contributed by atoms with van der Waals surface area (Å²) in [5, 5.41) is 18.8. The lowest BCUT2D eigenvalue weighted by atomic mass is 9.84. The molecule has 0 aromatic heterocycles. The highest BCUT2D eigenvalue weighted by Crippen LogP contribution is 2.38. The van der Waals surface area contributed by atoms with E-state index in [9.17, 15) is 28.3 Å². The zero-order chi connectivity index (χ0) is 21.3. The average molecular weight is 404 g/mol. The quantitative estimate of drug-likeness (QED) is 0.419. The van der Waals surface area contributed by atoms with Crippen LogP contribution in [-0.2, 0) is 14.4 Å². The molecule has 1 saturated carbocycles. The van der Waals surface area contributed by atoms with E-state index >= 15 is 0 Å². The molecule has 0 radical (unpaired) electrons. The minimum absolute atomic E-state index is 0.0190. The van der Waals surface area contributed by atoms with Crippen LogP contribution in [0.1, 0.15) is 84.5 Å². The molecule has 0 aliphatic heterocycles. The molecule has 1 rings (SSSR count). The molecule has 0 amide bonds. The van der Waals surface area contributed by atoms with Crippen molar-refractivity contribution in [3.05, 3.63) is 0 Å². The largest absolute Gasteiger partial charge is 0.481 e. The summed E-state index contributed by atoms with van der Waals surface area (Å²) in [4.78, 5) is 34.7. The Labute approximate surface area is 165 Å². The summed E-state index contributed by atoms with van der Waals surface area (Å²) in [6, 6.07) is 0. The number of carboxylic acids is 1. The SMILES string of the molecule is CCC[C@H](C)C(F)(F)C(=O)CC[C@H]1[C@H](O)CC(=O)[C@@H]1CCCCCCC(=O)O. The number of aliphatic hydroxyl groups excluding tert-OH is 1. The monoisotopic (exact) mass is 404 g/mol. The van der Waals surface area contributed by atoms with Crippen molar-refractivity contribution < 1.29 is 33.4 Å². The number of Topliss-reactive ketones (excluding diaryl/α,β-unsaturated/α-hetero) is 2. The van der Waals surface area contributed by atoms with Crippen LogP contribution < -0.4 is 0 Å². The maximum absolute atomic E-state index is 14.2. The zero-order valence-corrected chi connectivity index (χ0v) is 17.0. The van der Waals surface area contributed by atoms with Crippen LogP contribution in [0.25, 0.3) is 0 Å². The van der Waals surface area contributed by atoms with Crippen molar-refractivity contribution in [2.24, 2.45) is 17.8 Å². The Morgan fingerprint density at radius 3 is 2.39 bits per heavy atom. The van der Waals surface area contributed by atoms with E-state index in [-0.39, 0.29) is 37.9 Å². The predicted octanol–water partition coefficient (Wildman–Crippen LogP) is 4.40. The highest BCUT2D eigenvalue weighted by atomic mass is 19.3. The van der Waals surface area contributed by atoms with Crippen LogP contribution in [0.3, 0.4) is 0 Å². The van der Waals surface area contributed by atoms with E-state index in [1.165, 1.54) is 6.92 Å². The molecule has 2 N–H and O–H groups in total. The van der Waals surface area contributed by atoms with Gasteiger partial charge in [0.25, 0.3) is 0 Å². The van der Waals surface area contributed by atoms with Gasteiger partial charge in [-0.1, -0.05) is 39.5 Å². The summed E-state index contributed by atoms with van der Waals surface area (Å²) in [6.45, 7) is 3.17. The molecular formula is C21H34F2O5. The highest BCUT2D eigenvalue weighted by Gasteiger charge is 2.45. The Balaban J connectivity index is 2.51. The zero-order valence-electron chi connectivity index (χ0n) is 17.0. The predicted molar refractivity (Wildman–Crippen MR) is 101 cm³/mol. The molecule has 28 heavy (non-hydrogen) atoms. The molecule has 162 valence electrons. The number of carbonyl (C=O) groups excluding carboxylic acids is 2. The number of hydrogen-bond donors (Lipinski definition) is 2. The standard InChI is InChI=1S/C21H34F2O5/c1-3-8-14(2)21(22,23)19(26)12-11-16-15(17(24)13-18(16)25)9-6-4-5-7-10-20(27)28/h14-16,18,25H,3-13H2,1-2H3,(H,27,28)/t14-,15+,16+,18+/m0/s1. The Bertz CT molecular complexity index is 535. The van der Waals surface area contributed by atoms with Crippen LogP contribution in [-0.4, -0.2) is 39.8 Å². The fourth-order valence-electron chi connectivity index (χ4n) is 4.13. The third-order valence-corrected chi connectivity index (χ3v) is 5.91. The van der Waals surface area contributed by atoms with E-state index in [1.54, 1.807) is 6.92 Å². The summed E-state index contributed by atoms with van der Waals surface area (Å²) < 4.78 is 28.4. The first-order valence-electron chi connectivity index (χ1n) is 10.4. The van der Waals surface area contributed by atoms with Crippen LogP contribution in [0.4, 0.5) is 8.78 Å². The van der Waals surface area contributed by atoms with Crippen molar-refractivity contribution in [3.63, 3.8) is 0 Å². The van der Waals surface area contributed by atoms with Gasteiger partial charge in [-0.15, -0.1) is 0 Å². The fourth-order valence-corrected chi connectivity index (χ4v) is 4.13. The van der Waals surface area contributed by atoms with Gasteiger partial charge in [-0.05, 0) is 31.6 Å². The van der Waals surface area contributed by atoms with Gasteiger partial charge in [-0.2, -0.15) is 8.78 Å². The van der Waals surface area contributed by atoms with Crippen LogP contribution >= 0.6 is 0 Å². The van der Waals surface area contributed by atoms with E-state index in [1.807, 2.05) is 0 Å². The molecule has 7 heteroatoms. The number of hydrogen-bond acceptors (Lipinski definition) is 4. The van der Waals surface area contributed by atoms with Gasteiger partial charge in [0.15, 0.2) is 0 Å². The number of ketones is 2. The summed E-state index contributed by atoms with van der Waals surface area (Å²) in [6.07, 6.45) is 3.27. The number of aliphatic hydroxyl groups is 1. The average Bonchev–Trinajstić information content (AvgIpc) is 2.88. The van der Waals surface area contributed by atoms with Crippen LogP contribution in [0.5, 0.6) is 0 Å². The molecule has 1 fully saturated rings. The second-order valence-corrected chi connectivity index (χ2v) is 8.13. The minimum Gasteiger partial charge on any atom is -0.481 e. The maximum atomic E-state index is 14.2. The molecule has 5 nitrogen and oxygen atoms in total. The van der Waals surface area contributed by atoms with Gasteiger partial charge >= 0.3 is 11.9 Å². The first-order chi connectivity index (χ1) is 13.1. The number of aliphatic carboxylic acids is 1. The van der Waals surface area contributed by atoms with Crippen molar-refractivity contribution in [1.29, 1.82) is 0 Å². The van der Waals surface area contributed by atoms with E-state index in [0.717, 1.165) is 19.3 Å². The van der Waals surface area contributed by atoms with Gasteiger partial charge in [0.05, 0.1) is 6.10 Å². The van der Waals surface area contributed by atoms with Crippen LogP contribution in [0.15, 0.2) is 0 Å². The van der Waals surface area contributed by atoms with E-state index in [2.05, 4.69) is 0 Å². The first-order valence-corrected chi connectivity index (χ1v) is 10.4. The van der Waals surface area contributed by atoms with Crippen molar-refractivity contribution in [2.75, 3.05) is 0 Å². The number of unbranched alkanes of at least 4 members (excludes halogenated alkanes) is 3. The maximum Gasteiger partial charge on any atom is 0.307 e. The Morgan fingerprint density at radius 1 is 1.14 bits per heavy atom. The highest BCUT2D eigenvalue weighted by molar-refractivity contribution is 5.86. The summed E-state index contributed by atoms with van der Waals surface area (Å²) in [5.41, 5.74) is 0. The molecule has 1 aliphatic carbocycles. The lowest BCUT2D eigenvalue weighted by Crippen LogP contribution is -2.36. The van der Waals surface area contributed by atoms with Crippen LogP contribution in [0.2, 0.25) is 0 Å². The van der Waals surface area contributed by atoms with Crippen molar-refractivity contribution >= 4 is 17.5 Å². The molecule has 0 spiro atoms. The van der Waals surface area contributed by atoms with Gasteiger partial charge in [-0.25, -0.2) is 0 Å². The van der Waals surface area contributed by atoms with E-state index < -0.39 is 41.5 Å². The fraction of sp³-hybridized carbons (Fsp3) is 0.857. The summed E-state index contributed by atoms with van der Waals surface area (Å²) in [7, 11) is 0. The van der Waals surface area contributed by atoms with Crippen molar-refractivity contribution in [2.45, 2.75) is 96.5 Å². The minimum atomic E-state index is -3.37. The Kier molecular flexibility index (Phi) is 10.2. The number of halogens is 2. The summed E-state index contributed by atoms with van der Waals surface area (Å²) >= 11 is 0. The topological polar surface area (TPSA) is 91.7 Å². The second kappa shape index (κ2) is 11.6. The molecule has 0 saturated heterocycles. The van der Waals surface area contributed by atoms with Gasteiger partial charge < -0.3 is 10.2 Å². The van der Waals surface area contributed by atoms with E-state index in [4.69, 9.17) is 5.11 Å². The molecular weight excluding hydrogens is 370 g/mol. The van der Waals surface area contributed by atoms with Crippen LogP contribution in [0, 0.1) is 17.8 Å². The summed E-state index contributed by atoms with van der Waals surface area (Å²) in [5.74, 6) is -7.24. The lowest BCUT2D eigenvalue weighted by Gasteiger charge is -2.24. The smallest absolute Gasteiger partial charge is 0.307 e. The third kappa shape index (κ3) is 7.22. The number of rotatable bonds is 14. The third-order valence-electron chi connectivity index (χ3n) is 5.91. The van der Waals surface area contributed by atoms with Gasteiger partial charge in [0, 0.05) is 31.1 Å². The molecule has 0 bridgehead atoms. The lowest BCUT2D eigenvalue weighted by molar-refractivity contribution is -0.151. The second-order valence-electron chi connectivity index (χ2n) is 8.13. The molecule has 0 heterocycles. The molecule has 4 atom stereocenters. The normalized spacial score (nSPS) is 23.8. The number of alkyl halides is 2. The van der Waals surface area contributed by atoms with Gasteiger partial charge in [-0.3, -0.25) is 14.4 Å². The van der Waals surface area contributed by atoms with Gasteiger partial charge in [0.2, 0.25) is 5.78 Å². The van der Waals surface area contributed by atoms with E-state index in [0.29, 0.717) is 19.3 Å². The molecule has 0 aromatic rings. The van der Waals surface area contributed by atoms with Gasteiger partial charge in [0.1, 0.15) is 5.78 Å². The Hall–Kier alpha value is -1.37. The van der Waals surface area contributed by atoms with Crippen molar-refractivity contribution in [3.8, 4) is 0 Å².